The summed E-state index contributed by atoms with van der Waals surface area (Å²) in [7, 11) is -3.34. The maximum Gasteiger partial charge on any atom is 0.185 e. The molecule has 2 atom stereocenters. The minimum Gasteiger partial charge on any atom is -0.396 e. The van der Waals surface area contributed by atoms with Crippen LogP contribution in [0.5, 0.6) is 0 Å². The summed E-state index contributed by atoms with van der Waals surface area (Å²) in [5, 5.41) is 11.7. The van der Waals surface area contributed by atoms with Gasteiger partial charge in [-0.25, -0.2) is 8.42 Å². The van der Waals surface area contributed by atoms with Gasteiger partial charge in [0.2, 0.25) is 0 Å². The van der Waals surface area contributed by atoms with Crippen LogP contribution in [-0.4, -0.2) is 31.4 Å². The van der Waals surface area contributed by atoms with Crippen LogP contribution < -0.4 is 5.32 Å². The topological polar surface area (TPSA) is 66.4 Å². The predicted octanol–water partition coefficient (Wildman–Crippen LogP) is 1.33. The van der Waals surface area contributed by atoms with Crippen LogP contribution in [0.15, 0.2) is 23.1 Å². The zero-order valence-corrected chi connectivity index (χ0v) is 10.8. The van der Waals surface area contributed by atoms with Gasteiger partial charge in [-0.2, -0.15) is 0 Å². The summed E-state index contributed by atoms with van der Waals surface area (Å²) in [6, 6.07) is 5.08. The van der Waals surface area contributed by atoms with Crippen LogP contribution in [-0.2, 0) is 9.84 Å². The molecule has 0 saturated heterocycles. The summed E-state index contributed by atoms with van der Waals surface area (Å²) >= 11 is 0. The highest BCUT2D eigenvalue weighted by molar-refractivity contribution is 7.92. The summed E-state index contributed by atoms with van der Waals surface area (Å²) < 4.78 is 24.8. The Bertz CT molecular complexity index is 525. The van der Waals surface area contributed by atoms with Crippen LogP contribution in [0.1, 0.15) is 18.9 Å². The standard InChI is InChI=1S/C12H17NO3S/c1-8-4-3-5-11-12(8)13-9(2)10(6-7-14)17(11,15)16/h3-5,9-10,13-14H,6-7H2,1-2H3. The fraction of sp³-hybridized carbons (Fsp3) is 0.500. The van der Waals surface area contributed by atoms with Gasteiger partial charge in [-0.15, -0.1) is 0 Å². The summed E-state index contributed by atoms with van der Waals surface area (Å²) in [5.41, 5.74) is 1.63. The Morgan fingerprint density at radius 1 is 1.41 bits per heavy atom. The first-order chi connectivity index (χ1) is 7.98. The third kappa shape index (κ3) is 1.93. The van der Waals surface area contributed by atoms with Crippen molar-refractivity contribution in [2.45, 2.75) is 36.5 Å². The lowest BCUT2D eigenvalue weighted by Gasteiger charge is -2.32. The monoisotopic (exact) mass is 255 g/mol. The van der Waals surface area contributed by atoms with E-state index >= 15 is 0 Å². The summed E-state index contributed by atoms with van der Waals surface area (Å²) in [5.74, 6) is 0. The van der Waals surface area contributed by atoms with E-state index < -0.39 is 15.1 Å². The molecule has 0 spiro atoms. The normalized spacial score (nSPS) is 26.1. The smallest absolute Gasteiger partial charge is 0.185 e. The number of anilines is 1. The maximum atomic E-state index is 12.4. The van der Waals surface area contributed by atoms with Crippen molar-refractivity contribution < 1.29 is 13.5 Å². The molecule has 0 amide bonds. The van der Waals surface area contributed by atoms with Gasteiger partial charge < -0.3 is 10.4 Å². The van der Waals surface area contributed by atoms with Gasteiger partial charge >= 0.3 is 0 Å². The van der Waals surface area contributed by atoms with Crippen LogP contribution in [0.3, 0.4) is 0 Å². The molecule has 1 aliphatic heterocycles. The van der Waals surface area contributed by atoms with E-state index in [0.29, 0.717) is 10.6 Å². The molecule has 0 fully saturated rings. The number of hydrogen-bond acceptors (Lipinski definition) is 4. The van der Waals surface area contributed by atoms with Crippen LogP contribution in [0.4, 0.5) is 5.69 Å². The molecular weight excluding hydrogens is 238 g/mol. The first-order valence-corrected chi connectivity index (χ1v) is 7.24. The SMILES string of the molecule is Cc1cccc2c1NC(C)C(CCO)S2(=O)=O. The number of benzene rings is 1. The molecule has 2 unspecified atom stereocenters. The molecule has 0 aromatic heterocycles. The average Bonchev–Trinajstić information content (AvgIpc) is 2.26. The van der Waals surface area contributed by atoms with Gasteiger partial charge in [-0.1, -0.05) is 12.1 Å². The molecule has 1 heterocycles. The molecule has 4 nitrogen and oxygen atoms in total. The number of aryl methyl sites for hydroxylation is 1. The molecule has 2 N–H and O–H groups in total. The van der Waals surface area contributed by atoms with Gasteiger partial charge in [-0.05, 0) is 31.9 Å². The molecule has 17 heavy (non-hydrogen) atoms. The second-order valence-electron chi connectivity index (χ2n) is 4.48. The maximum absolute atomic E-state index is 12.4. The van der Waals surface area contributed by atoms with E-state index in [2.05, 4.69) is 5.32 Å². The number of rotatable bonds is 2. The van der Waals surface area contributed by atoms with Gasteiger partial charge in [0.1, 0.15) is 0 Å². The number of aliphatic hydroxyl groups excluding tert-OH is 1. The quantitative estimate of drug-likeness (QED) is 0.836. The number of nitrogens with one attached hydrogen (secondary N) is 1. The van der Waals surface area contributed by atoms with E-state index in [4.69, 9.17) is 5.11 Å². The van der Waals surface area contributed by atoms with Crippen molar-refractivity contribution in [3.8, 4) is 0 Å². The molecule has 2 rings (SSSR count). The fourth-order valence-corrected chi connectivity index (χ4v) is 4.47. The molecule has 0 bridgehead atoms. The van der Waals surface area contributed by atoms with Crippen molar-refractivity contribution in [3.05, 3.63) is 23.8 Å². The first-order valence-electron chi connectivity index (χ1n) is 5.69. The lowest BCUT2D eigenvalue weighted by atomic mass is 10.1. The molecule has 1 aromatic carbocycles. The summed E-state index contributed by atoms with van der Waals surface area (Å²) in [4.78, 5) is 0.356. The van der Waals surface area contributed by atoms with Crippen LogP contribution in [0.25, 0.3) is 0 Å². The number of sulfone groups is 1. The zero-order chi connectivity index (χ0) is 12.6. The van der Waals surface area contributed by atoms with Gasteiger partial charge in [0.25, 0.3) is 0 Å². The van der Waals surface area contributed by atoms with Gasteiger partial charge in [0, 0.05) is 12.6 Å². The molecule has 5 heteroatoms. The minimum atomic E-state index is -3.34. The molecule has 1 aromatic rings. The van der Waals surface area contributed by atoms with Crippen molar-refractivity contribution in [2.75, 3.05) is 11.9 Å². The summed E-state index contributed by atoms with van der Waals surface area (Å²) in [6.07, 6.45) is 0.268. The van der Waals surface area contributed by atoms with Crippen LogP contribution >= 0.6 is 0 Å². The van der Waals surface area contributed by atoms with Crippen molar-refractivity contribution in [3.63, 3.8) is 0 Å². The van der Waals surface area contributed by atoms with Gasteiger partial charge in [0.15, 0.2) is 9.84 Å². The molecule has 0 radical (unpaired) electrons. The Hall–Kier alpha value is -1.07. The number of aliphatic hydroxyl groups is 1. The molecule has 0 saturated carbocycles. The molecule has 0 aliphatic carbocycles. The number of hydrogen-bond donors (Lipinski definition) is 2. The largest absolute Gasteiger partial charge is 0.396 e. The second-order valence-corrected chi connectivity index (χ2v) is 6.61. The Morgan fingerprint density at radius 2 is 2.12 bits per heavy atom. The Morgan fingerprint density at radius 3 is 2.76 bits per heavy atom. The highest BCUT2D eigenvalue weighted by Crippen LogP contribution is 2.35. The van der Waals surface area contributed by atoms with Crippen LogP contribution in [0, 0.1) is 6.92 Å². The third-order valence-electron chi connectivity index (χ3n) is 3.28. The predicted molar refractivity (Wildman–Crippen MR) is 66.9 cm³/mol. The summed E-state index contributed by atoms with van der Waals surface area (Å²) in [6.45, 7) is 3.62. The Labute approximate surface area is 102 Å². The van der Waals surface area contributed by atoms with E-state index in [9.17, 15) is 8.42 Å². The minimum absolute atomic E-state index is 0.114. The third-order valence-corrected chi connectivity index (χ3v) is 5.68. The van der Waals surface area contributed by atoms with E-state index in [1.54, 1.807) is 12.1 Å². The van der Waals surface area contributed by atoms with Crippen LogP contribution in [0.2, 0.25) is 0 Å². The van der Waals surface area contributed by atoms with E-state index in [0.717, 1.165) is 5.56 Å². The highest BCUT2D eigenvalue weighted by Gasteiger charge is 2.38. The second kappa shape index (κ2) is 4.31. The average molecular weight is 255 g/mol. The fourth-order valence-electron chi connectivity index (χ4n) is 2.35. The van der Waals surface area contributed by atoms with Crippen molar-refractivity contribution >= 4 is 15.5 Å². The highest BCUT2D eigenvalue weighted by atomic mass is 32.2. The number of para-hydroxylation sites is 1. The van der Waals surface area contributed by atoms with E-state index in [1.165, 1.54) is 0 Å². The van der Waals surface area contributed by atoms with Gasteiger partial charge in [0.05, 0.1) is 15.8 Å². The van der Waals surface area contributed by atoms with Crippen molar-refractivity contribution in [1.29, 1.82) is 0 Å². The lowest BCUT2D eigenvalue weighted by molar-refractivity contribution is 0.282. The van der Waals surface area contributed by atoms with E-state index in [1.807, 2.05) is 19.9 Å². The molecule has 94 valence electrons. The molecule has 1 aliphatic rings. The van der Waals surface area contributed by atoms with E-state index in [-0.39, 0.29) is 19.1 Å². The lowest BCUT2D eigenvalue weighted by Crippen LogP contribution is -2.42. The Balaban J connectivity index is 2.58. The zero-order valence-electron chi connectivity index (χ0n) is 9.97. The Kier molecular flexibility index (Phi) is 3.14. The van der Waals surface area contributed by atoms with Crippen molar-refractivity contribution in [1.82, 2.24) is 0 Å². The number of fused-ring (bicyclic) bond motifs is 1. The van der Waals surface area contributed by atoms with Crippen molar-refractivity contribution in [2.24, 2.45) is 0 Å². The van der Waals surface area contributed by atoms with Gasteiger partial charge in [-0.3, -0.25) is 0 Å². The molecular formula is C12H17NO3S. The first kappa shape index (κ1) is 12.4.